The van der Waals surface area contributed by atoms with Crippen LogP contribution in [-0.2, 0) is 6.54 Å². The quantitative estimate of drug-likeness (QED) is 0.567. The molecule has 2 aliphatic heterocycles. The molecular weight excluding hydrogens is 448 g/mol. The van der Waals surface area contributed by atoms with Gasteiger partial charge in [0.05, 0.1) is 17.6 Å². The first-order chi connectivity index (χ1) is 17.4. The van der Waals surface area contributed by atoms with Gasteiger partial charge in [-0.25, -0.2) is 4.98 Å². The van der Waals surface area contributed by atoms with Crippen molar-refractivity contribution < 1.29 is 4.79 Å². The number of hydrogen-bond donors (Lipinski definition) is 1. The fourth-order valence-electron chi connectivity index (χ4n) is 5.59. The molecule has 0 atom stereocenters. The van der Waals surface area contributed by atoms with Crippen LogP contribution < -0.4 is 4.90 Å². The van der Waals surface area contributed by atoms with Crippen molar-refractivity contribution in [3.8, 4) is 0 Å². The van der Waals surface area contributed by atoms with Gasteiger partial charge in [-0.15, -0.1) is 0 Å². The number of carbonyl (C=O) groups is 1. The lowest BCUT2D eigenvalue weighted by molar-refractivity contribution is 0.0643. The molecule has 2 fully saturated rings. The summed E-state index contributed by atoms with van der Waals surface area (Å²) in [7, 11) is 2.21. The second kappa shape index (κ2) is 10.6. The molecule has 0 saturated carbocycles. The van der Waals surface area contributed by atoms with Gasteiger partial charge in [0.2, 0.25) is 0 Å². The third-order valence-electron chi connectivity index (χ3n) is 8.22. The van der Waals surface area contributed by atoms with E-state index in [-0.39, 0.29) is 5.91 Å². The molecule has 2 aromatic carbocycles. The second-order valence-corrected chi connectivity index (χ2v) is 10.5. The highest BCUT2D eigenvalue weighted by Crippen LogP contribution is 2.24. The van der Waals surface area contributed by atoms with Crippen LogP contribution in [-0.4, -0.2) is 89.5 Å². The Morgan fingerprint density at radius 1 is 1.00 bits per heavy atom. The van der Waals surface area contributed by atoms with Crippen LogP contribution in [0, 0.1) is 13.8 Å². The van der Waals surface area contributed by atoms with Crippen LogP contribution in [0.1, 0.15) is 47.1 Å². The topological polar surface area (TPSA) is 58.7 Å². The number of piperazine rings is 1. The van der Waals surface area contributed by atoms with E-state index in [4.69, 9.17) is 4.98 Å². The number of nitrogens with zero attached hydrogens (tertiary/aromatic N) is 5. The minimum atomic E-state index is 0.161. The average Bonchev–Trinajstić information content (AvgIpc) is 3.29. The molecule has 36 heavy (non-hydrogen) atoms. The Balaban J connectivity index is 1.13. The molecule has 1 aromatic heterocycles. The van der Waals surface area contributed by atoms with Crippen molar-refractivity contribution in [1.82, 2.24) is 24.7 Å². The van der Waals surface area contributed by atoms with Crippen molar-refractivity contribution in [1.29, 1.82) is 0 Å². The molecule has 0 aliphatic carbocycles. The summed E-state index contributed by atoms with van der Waals surface area (Å²) in [4.78, 5) is 30.5. The molecule has 1 N–H and O–H groups in total. The molecule has 7 heteroatoms. The first-order valence-electron chi connectivity index (χ1n) is 13.4. The number of hydrogen-bond acceptors (Lipinski definition) is 5. The number of piperidine rings is 1. The van der Waals surface area contributed by atoms with Gasteiger partial charge in [-0.1, -0.05) is 6.92 Å². The lowest BCUT2D eigenvalue weighted by atomic mass is 10.0. The number of imidazole rings is 1. The average molecular weight is 489 g/mol. The van der Waals surface area contributed by atoms with Gasteiger partial charge in [-0.2, -0.15) is 0 Å². The molecule has 1 amide bonds. The van der Waals surface area contributed by atoms with Gasteiger partial charge in [0, 0.05) is 56.6 Å². The summed E-state index contributed by atoms with van der Waals surface area (Å²) in [5.41, 5.74) is 6.78. The molecular formula is C29H40N6O. The standard InChI is InChI=1S/C29H40N6O/c1-5-33-14-16-35(17-15-33)29(36)23-6-8-25(9-7-23)34-12-10-24(11-13-34)32(4)20-28-30-26-18-21(2)22(3)19-27(26)31-28/h6-9,18-19,24H,5,10-17,20H2,1-4H3,(H,30,31). The van der Waals surface area contributed by atoms with E-state index in [0.29, 0.717) is 6.04 Å². The molecule has 0 spiro atoms. The minimum absolute atomic E-state index is 0.161. The first kappa shape index (κ1) is 24.8. The predicted octanol–water partition coefficient (Wildman–Crippen LogP) is 4.06. The van der Waals surface area contributed by atoms with Gasteiger partial charge in [-0.3, -0.25) is 9.69 Å². The maximum absolute atomic E-state index is 12.9. The molecule has 0 bridgehead atoms. The van der Waals surface area contributed by atoms with E-state index in [1.54, 1.807) is 0 Å². The third-order valence-corrected chi connectivity index (χ3v) is 8.22. The van der Waals surface area contributed by atoms with E-state index < -0.39 is 0 Å². The number of fused-ring (bicyclic) bond motifs is 1. The largest absolute Gasteiger partial charge is 0.371 e. The van der Waals surface area contributed by atoms with E-state index in [1.807, 2.05) is 17.0 Å². The van der Waals surface area contributed by atoms with Crippen LogP contribution in [0.2, 0.25) is 0 Å². The molecule has 0 unspecified atom stereocenters. The predicted molar refractivity (Wildman–Crippen MR) is 147 cm³/mol. The summed E-state index contributed by atoms with van der Waals surface area (Å²) in [5.74, 6) is 1.20. The zero-order valence-electron chi connectivity index (χ0n) is 22.3. The molecule has 192 valence electrons. The number of rotatable bonds is 6. The van der Waals surface area contributed by atoms with Gasteiger partial charge < -0.3 is 19.7 Å². The molecule has 0 radical (unpaired) electrons. The number of likely N-dealkylation sites (N-methyl/N-ethyl adjacent to an activating group) is 1. The Morgan fingerprint density at radius 3 is 2.33 bits per heavy atom. The van der Waals surface area contributed by atoms with E-state index in [1.165, 1.54) is 16.8 Å². The Bertz CT molecular complexity index is 1150. The maximum Gasteiger partial charge on any atom is 0.253 e. The van der Waals surface area contributed by atoms with Crippen molar-refractivity contribution in [2.24, 2.45) is 0 Å². The highest BCUT2D eigenvalue weighted by Gasteiger charge is 2.25. The highest BCUT2D eigenvalue weighted by atomic mass is 16.2. The van der Waals surface area contributed by atoms with Crippen molar-refractivity contribution in [3.63, 3.8) is 0 Å². The monoisotopic (exact) mass is 488 g/mol. The number of H-pyrrole nitrogens is 1. The van der Waals surface area contributed by atoms with E-state index in [9.17, 15) is 4.79 Å². The maximum atomic E-state index is 12.9. The fourth-order valence-corrected chi connectivity index (χ4v) is 5.59. The molecule has 2 saturated heterocycles. The van der Waals surface area contributed by atoms with Gasteiger partial charge in [0.25, 0.3) is 5.91 Å². The third kappa shape index (κ3) is 5.27. The lowest BCUT2D eigenvalue weighted by Gasteiger charge is -2.37. The van der Waals surface area contributed by atoms with Crippen LogP contribution in [0.15, 0.2) is 36.4 Å². The SMILES string of the molecule is CCN1CCN(C(=O)c2ccc(N3CCC(N(C)Cc4nc5cc(C)c(C)cc5[nH]4)CC3)cc2)CC1. The van der Waals surface area contributed by atoms with Crippen LogP contribution in [0.5, 0.6) is 0 Å². The van der Waals surface area contributed by atoms with Crippen molar-refractivity contribution >= 4 is 22.6 Å². The highest BCUT2D eigenvalue weighted by molar-refractivity contribution is 5.94. The number of aromatic nitrogens is 2. The number of carbonyl (C=O) groups excluding carboxylic acids is 1. The number of nitrogens with one attached hydrogen (secondary N) is 1. The fraction of sp³-hybridized carbons (Fsp3) is 0.517. The summed E-state index contributed by atoms with van der Waals surface area (Å²) in [6.45, 7) is 14.0. The van der Waals surface area contributed by atoms with Crippen LogP contribution in [0.4, 0.5) is 5.69 Å². The molecule has 5 rings (SSSR count). The van der Waals surface area contributed by atoms with Crippen molar-refractivity contribution in [2.75, 3.05) is 57.8 Å². The number of amides is 1. The summed E-state index contributed by atoms with van der Waals surface area (Å²) in [6.07, 6.45) is 2.24. The smallest absolute Gasteiger partial charge is 0.253 e. The van der Waals surface area contributed by atoms with E-state index in [0.717, 1.165) is 87.6 Å². The Kier molecular flexibility index (Phi) is 7.30. The minimum Gasteiger partial charge on any atom is -0.371 e. The van der Waals surface area contributed by atoms with Gasteiger partial charge in [0.15, 0.2) is 0 Å². The van der Waals surface area contributed by atoms with E-state index >= 15 is 0 Å². The summed E-state index contributed by atoms with van der Waals surface area (Å²) < 4.78 is 0. The first-order valence-corrected chi connectivity index (χ1v) is 13.4. The van der Waals surface area contributed by atoms with Crippen LogP contribution in [0.3, 0.4) is 0 Å². The molecule has 3 aromatic rings. The molecule has 2 aliphatic rings. The lowest BCUT2D eigenvalue weighted by Crippen LogP contribution is -2.48. The summed E-state index contributed by atoms with van der Waals surface area (Å²) in [6, 6.07) is 13.2. The number of aryl methyl sites for hydroxylation is 2. The number of anilines is 1. The zero-order chi connectivity index (χ0) is 25.2. The number of aromatic amines is 1. The van der Waals surface area contributed by atoms with Crippen molar-refractivity contribution in [2.45, 2.75) is 46.2 Å². The van der Waals surface area contributed by atoms with Gasteiger partial charge >= 0.3 is 0 Å². The number of benzene rings is 2. The normalized spacial score (nSPS) is 17.9. The second-order valence-electron chi connectivity index (χ2n) is 10.5. The Labute approximate surface area is 215 Å². The Hall–Kier alpha value is -2.90. The van der Waals surface area contributed by atoms with E-state index in [2.05, 4.69) is 71.8 Å². The zero-order valence-corrected chi connectivity index (χ0v) is 22.3. The van der Waals surface area contributed by atoms with Gasteiger partial charge in [0.1, 0.15) is 5.82 Å². The van der Waals surface area contributed by atoms with Gasteiger partial charge in [-0.05, 0) is 87.8 Å². The molecule has 3 heterocycles. The molecule has 7 nitrogen and oxygen atoms in total. The van der Waals surface area contributed by atoms with Crippen molar-refractivity contribution in [3.05, 3.63) is 58.9 Å². The Morgan fingerprint density at radius 2 is 1.67 bits per heavy atom. The summed E-state index contributed by atoms with van der Waals surface area (Å²) in [5, 5.41) is 0. The van der Waals surface area contributed by atoms with Crippen LogP contribution >= 0.6 is 0 Å². The van der Waals surface area contributed by atoms with Crippen LogP contribution in [0.25, 0.3) is 11.0 Å². The summed E-state index contributed by atoms with van der Waals surface area (Å²) >= 11 is 0.